The van der Waals surface area contributed by atoms with Crippen LogP contribution in [0.4, 0.5) is 5.69 Å². The van der Waals surface area contributed by atoms with Crippen LogP contribution in [0, 0.1) is 0 Å². The molecule has 2 aromatic rings. The van der Waals surface area contributed by atoms with Crippen molar-refractivity contribution in [3.8, 4) is 0 Å². The molecular weight excluding hydrogens is 350 g/mol. The summed E-state index contributed by atoms with van der Waals surface area (Å²) in [5.41, 5.74) is 0.762. The van der Waals surface area contributed by atoms with Crippen molar-refractivity contribution in [2.24, 2.45) is 4.99 Å². The molecule has 6 nitrogen and oxygen atoms in total. The second kappa shape index (κ2) is 7.47. The van der Waals surface area contributed by atoms with Crippen molar-refractivity contribution >= 4 is 45.2 Å². The molecule has 0 radical (unpaired) electrons. The topological polar surface area (TPSA) is 71.0 Å². The second-order valence-electron chi connectivity index (χ2n) is 6.22. The van der Waals surface area contributed by atoms with Gasteiger partial charge in [-0.05, 0) is 11.5 Å². The molecule has 26 heavy (non-hydrogen) atoms. The Morgan fingerprint density at radius 2 is 1.96 bits per heavy atom. The highest BCUT2D eigenvalue weighted by Gasteiger charge is 2.33. The monoisotopic (exact) mass is 369 g/mol. The van der Waals surface area contributed by atoms with Gasteiger partial charge in [-0.2, -0.15) is 4.99 Å². The van der Waals surface area contributed by atoms with E-state index in [2.05, 4.69) is 15.2 Å². The number of rotatable bonds is 3. The number of nitrogens with zero attached hydrogens (tertiary/aromatic N) is 2. The van der Waals surface area contributed by atoms with Crippen molar-refractivity contribution in [1.82, 2.24) is 4.90 Å². The number of benzene rings is 2. The number of thioether (sulfide) groups is 1. The quantitative estimate of drug-likeness (QED) is 0.900. The fraction of sp³-hybridized carbons (Fsp3) is 0.316. The lowest BCUT2D eigenvalue weighted by molar-refractivity contribution is -0.121. The van der Waals surface area contributed by atoms with E-state index in [9.17, 15) is 9.59 Å². The summed E-state index contributed by atoms with van der Waals surface area (Å²) < 4.78 is 5.32. The number of carbonyl (C=O) groups excluding carboxylic acids is 2. The molecule has 1 atom stereocenters. The van der Waals surface area contributed by atoms with Crippen LogP contribution in [-0.2, 0) is 14.3 Å². The highest BCUT2D eigenvalue weighted by Crippen LogP contribution is 2.29. The van der Waals surface area contributed by atoms with Crippen LogP contribution in [-0.4, -0.2) is 53.4 Å². The first-order valence-electron chi connectivity index (χ1n) is 8.60. The fourth-order valence-electron chi connectivity index (χ4n) is 3.10. The van der Waals surface area contributed by atoms with Gasteiger partial charge in [0.15, 0.2) is 5.17 Å². The summed E-state index contributed by atoms with van der Waals surface area (Å²) in [6.07, 6.45) is 0.115. The molecule has 2 aliphatic rings. The van der Waals surface area contributed by atoms with Gasteiger partial charge in [-0.25, -0.2) is 0 Å². The first kappa shape index (κ1) is 17.1. The third kappa shape index (κ3) is 3.59. The molecule has 0 bridgehead atoms. The van der Waals surface area contributed by atoms with Gasteiger partial charge in [0, 0.05) is 30.6 Å². The maximum atomic E-state index is 12.5. The lowest BCUT2D eigenvalue weighted by Gasteiger charge is -2.27. The van der Waals surface area contributed by atoms with Crippen LogP contribution in [0.25, 0.3) is 10.8 Å². The molecule has 0 aromatic heterocycles. The summed E-state index contributed by atoms with van der Waals surface area (Å²) in [6, 6.07) is 13.7. The Balaban J connectivity index is 1.40. The zero-order valence-corrected chi connectivity index (χ0v) is 15.0. The number of aliphatic imine (C=N–C) groups is 1. The molecule has 7 heteroatoms. The van der Waals surface area contributed by atoms with Crippen LogP contribution in [0.3, 0.4) is 0 Å². The van der Waals surface area contributed by atoms with Gasteiger partial charge in [0.05, 0.1) is 13.2 Å². The van der Waals surface area contributed by atoms with Gasteiger partial charge >= 0.3 is 0 Å². The molecule has 2 aromatic carbocycles. The third-order valence-electron chi connectivity index (χ3n) is 4.45. The molecule has 1 N–H and O–H groups in total. The number of amides is 2. The number of ether oxygens (including phenoxy) is 1. The van der Waals surface area contributed by atoms with Crippen molar-refractivity contribution in [3.63, 3.8) is 0 Å². The van der Waals surface area contributed by atoms with E-state index in [1.807, 2.05) is 42.5 Å². The summed E-state index contributed by atoms with van der Waals surface area (Å²) in [5, 5.41) is 5.24. The number of anilines is 1. The molecule has 0 unspecified atom stereocenters. The van der Waals surface area contributed by atoms with Gasteiger partial charge in [-0.1, -0.05) is 48.2 Å². The van der Waals surface area contributed by atoms with Crippen LogP contribution in [0.2, 0.25) is 0 Å². The average molecular weight is 369 g/mol. The second-order valence-corrected chi connectivity index (χ2v) is 7.39. The van der Waals surface area contributed by atoms with Crippen LogP contribution >= 0.6 is 11.8 Å². The van der Waals surface area contributed by atoms with Crippen LogP contribution in [0.5, 0.6) is 0 Å². The van der Waals surface area contributed by atoms with Crippen molar-refractivity contribution in [1.29, 1.82) is 0 Å². The number of morpholine rings is 1. The molecule has 2 aliphatic heterocycles. The number of nitrogens with one attached hydrogen (secondary N) is 1. The van der Waals surface area contributed by atoms with Crippen LogP contribution in [0.15, 0.2) is 47.5 Å². The minimum atomic E-state index is -0.456. The van der Waals surface area contributed by atoms with Gasteiger partial charge < -0.3 is 15.0 Å². The SMILES string of the molecule is O=C(C[C@@H]1SC(N2CCOCC2)=NC1=O)Nc1cccc2ccccc12. The molecule has 1 fully saturated rings. The number of carbonyl (C=O) groups is 2. The highest BCUT2D eigenvalue weighted by molar-refractivity contribution is 8.15. The first-order chi connectivity index (χ1) is 12.7. The van der Waals surface area contributed by atoms with E-state index in [0.29, 0.717) is 18.4 Å². The minimum Gasteiger partial charge on any atom is -0.378 e. The normalized spacial score (nSPS) is 20.3. The predicted octanol–water partition coefficient (Wildman–Crippen LogP) is 2.50. The summed E-state index contributed by atoms with van der Waals surface area (Å²) in [7, 11) is 0. The van der Waals surface area contributed by atoms with E-state index >= 15 is 0 Å². The zero-order chi connectivity index (χ0) is 17.9. The van der Waals surface area contributed by atoms with E-state index in [-0.39, 0.29) is 18.2 Å². The molecule has 2 amide bonds. The first-order valence-corrected chi connectivity index (χ1v) is 9.48. The zero-order valence-electron chi connectivity index (χ0n) is 14.2. The Bertz CT molecular complexity index is 872. The summed E-state index contributed by atoms with van der Waals surface area (Å²) in [4.78, 5) is 30.8. The number of hydrogen-bond donors (Lipinski definition) is 1. The smallest absolute Gasteiger partial charge is 0.262 e. The third-order valence-corrected chi connectivity index (χ3v) is 5.66. The Morgan fingerprint density at radius 1 is 1.19 bits per heavy atom. The molecule has 0 saturated carbocycles. The standard InChI is InChI=1S/C19H19N3O3S/c23-17(20-15-7-3-5-13-4-1-2-6-14(13)15)12-16-18(24)21-19(26-16)22-8-10-25-11-9-22/h1-7,16H,8-12H2,(H,20,23)/t16-/m0/s1. The fourth-order valence-corrected chi connectivity index (χ4v) is 4.22. The maximum Gasteiger partial charge on any atom is 0.262 e. The Morgan fingerprint density at radius 3 is 2.81 bits per heavy atom. The Labute approximate surface area is 155 Å². The number of fused-ring (bicyclic) bond motifs is 1. The van der Waals surface area contributed by atoms with Gasteiger partial charge in [0.1, 0.15) is 5.25 Å². The van der Waals surface area contributed by atoms with Crippen LogP contribution < -0.4 is 5.32 Å². The van der Waals surface area contributed by atoms with E-state index in [0.717, 1.165) is 29.5 Å². The lowest BCUT2D eigenvalue weighted by atomic mass is 10.1. The van der Waals surface area contributed by atoms with Crippen molar-refractivity contribution < 1.29 is 14.3 Å². The molecular formula is C19H19N3O3S. The predicted molar refractivity (Wildman–Crippen MR) is 103 cm³/mol. The largest absolute Gasteiger partial charge is 0.378 e. The molecule has 2 heterocycles. The molecule has 0 aliphatic carbocycles. The lowest BCUT2D eigenvalue weighted by Crippen LogP contribution is -2.39. The van der Waals surface area contributed by atoms with Gasteiger partial charge in [-0.3, -0.25) is 9.59 Å². The Kier molecular flexibility index (Phi) is 4.90. The van der Waals surface area contributed by atoms with Crippen molar-refractivity contribution in [2.75, 3.05) is 31.6 Å². The minimum absolute atomic E-state index is 0.115. The maximum absolute atomic E-state index is 12.5. The summed E-state index contributed by atoms with van der Waals surface area (Å²) in [5.74, 6) is -0.407. The van der Waals surface area contributed by atoms with E-state index in [1.54, 1.807) is 0 Å². The van der Waals surface area contributed by atoms with E-state index in [1.165, 1.54) is 11.8 Å². The van der Waals surface area contributed by atoms with Crippen LogP contribution in [0.1, 0.15) is 6.42 Å². The highest BCUT2D eigenvalue weighted by atomic mass is 32.2. The average Bonchev–Trinajstić information content (AvgIpc) is 3.03. The van der Waals surface area contributed by atoms with Crippen molar-refractivity contribution in [3.05, 3.63) is 42.5 Å². The van der Waals surface area contributed by atoms with Crippen molar-refractivity contribution in [2.45, 2.75) is 11.7 Å². The molecule has 134 valence electrons. The number of amidine groups is 1. The van der Waals surface area contributed by atoms with E-state index < -0.39 is 5.25 Å². The van der Waals surface area contributed by atoms with Gasteiger partial charge in [0.25, 0.3) is 5.91 Å². The van der Waals surface area contributed by atoms with Gasteiger partial charge in [-0.15, -0.1) is 0 Å². The number of hydrogen-bond acceptors (Lipinski definition) is 5. The molecule has 1 saturated heterocycles. The summed E-state index contributed by atoms with van der Waals surface area (Å²) in [6.45, 7) is 2.74. The van der Waals surface area contributed by atoms with E-state index in [4.69, 9.17) is 4.74 Å². The molecule has 4 rings (SSSR count). The summed E-state index contributed by atoms with van der Waals surface area (Å²) >= 11 is 1.38. The Hall–Kier alpha value is -2.38. The van der Waals surface area contributed by atoms with Gasteiger partial charge in [0.2, 0.25) is 5.91 Å². The molecule has 0 spiro atoms.